The Morgan fingerprint density at radius 3 is 2.21 bits per heavy atom. The van der Waals surface area contributed by atoms with E-state index in [9.17, 15) is 24.0 Å². The van der Waals surface area contributed by atoms with Crippen molar-refractivity contribution in [3.63, 3.8) is 0 Å². The Hall–Kier alpha value is -3.63. The van der Waals surface area contributed by atoms with E-state index in [4.69, 9.17) is 10.5 Å². The number of benzene rings is 1. The van der Waals surface area contributed by atoms with Crippen molar-refractivity contribution in [2.24, 2.45) is 5.73 Å². The second kappa shape index (κ2) is 15.6. The molecule has 0 radical (unpaired) electrons. The van der Waals surface area contributed by atoms with E-state index < -0.39 is 47.5 Å². The fourth-order valence-electron chi connectivity index (χ4n) is 3.64. The van der Waals surface area contributed by atoms with Gasteiger partial charge in [0.05, 0.1) is 7.11 Å². The third kappa shape index (κ3) is 11.6. The molecule has 2 atom stereocenters. The van der Waals surface area contributed by atoms with Gasteiger partial charge in [-0.1, -0.05) is 49.6 Å². The first-order valence-corrected chi connectivity index (χ1v) is 12.8. The van der Waals surface area contributed by atoms with Gasteiger partial charge in [-0.3, -0.25) is 19.2 Å². The van der Waals surface area contributed by atoms with Gasteiger partial charge in [0.25, 0.3) is 0 Å². The van der Waals surface area contributed by atoms with Crippen LogP contribution in [-0.4, -0.2) is 66.5 Å². The van der Waals surface area contributed by atoms with Gasteiger partial charge in [0.1, 0.15) is 24.2 Å². The summed E-state index contributed by atoms with van der Waals surface area (Å²) in [5.74, 6) is -2.45. The number of amides is 4. The number of hydrogen-bond acceptors (Lipinski definition) is 7. The molecule has 4 amide bonds. The number of methoxy groups -OCH3 is 1. The summed E-state index contributed by atoms with van der Waals surface area (Å²) in [5, 5.41) is 5.09. The highest BCUT2D eigenvalue weighted by Gasteiger charge is 2.36. The minimum Gasteiger partial charge on any atom is -0.468 e. The molecule has 1 aromatic carbocycles. The standard InChI is InChI=1S/C27H42N4O7/c1-7-8-9-16-31(25(35)20(14-15-21(28)32)30-26(36)38-27(3,4)5)23(19-12-10-18(2)11-13-19)24(34)29-17-22(33)37-6/h10-13,20,23H,7-9,14-17H2,1-6H3,(H2,28,32)(H,29,34)(H,30,36). The van der Waals surface area contributed by atoms with Crippen LogP contribution in [-0.2, 0) is 28.7 Å². The number of esters is 1. The van der Waals surface area contributed by atoms with E-state index in [1.807, 2.05) is 26.0 Å². The maximum atomic E-state index is 14.0. The van der Waals surface area contributed by atoms with Crippen molar-refractivity contribution in [2.75, 3.05) is 20.2 Å². The number of hydrogen-bond donors (Lipinski definition) is 3. The van der Waals surface area contributed by atoms with Crippen LogP contribution in [0.5, 0.6) is 0 Å². The van der Waals surface area contributed by atoms with E-state index >= 15 is 0 Å². The lowest BCUT2D eigenvalue weighted by Gasteiger charge is -2.34. The maximum absolute atomic E-state index is 14.0. The summed E-state index contributed by atoms with van der Waals surface area (Å²) in [7, 11) is 1.21. The van der Waals surface area contributed by atoms with Crippen LogP contribution in [0.1, 0.15) is 77.0 Å². The molecular weight excluding hydrogens is 492 g/mol. The van der Waals surface area contributed by atoms with Crippen molar-refractivity contribution in [3.8, 4) is 0 Å². The smallest absolute Gasteiger partial charge is 0.408 e. The third-order valence-corrected chi connectivity index (χ3v) is 5.54. The largest absolute Gasteiger partial charge is 0.468 e. The van der Waals surface area contributed by atoms with Crippen molar-refractivity contribution in [3.05, 3.63) is 35.4 Å². The summed E-state index contributed by atoms with van der Waals surface area (Å²) in [6.45, 7) is 8.77. The zero-order valence-electron chi connectivity index (χ0n) is 23.3. The van der Waals surface area contributed by atoms with Crippen LogP contribution in [0.2, 0.25) is 0 Å². The second-order valence-electron chi connectivity index (χ2n) is 10.0. The molecule has 2 unspecified atom stereocenters. The third-order valence-electron chi connectivity index (χ3n) is 5.54. The van der Waals surface area contributed by atoms with Gasteiger partial charge >= 0.3 is 12.1 Å². The molecule has 0 bridgehead atoms. The van der Waals surface area contributed by atoms with Crippen molar-refractivity contribution in [1.29, 1.82) is 0 Å². The molecule has 38 heavy (non-hydrogen) atoms. The predicted octanol–water partition coefficient (Wildman–Crippen LogP) is 2.50. The van der Waals surface area contributed by atoms with Gasteiger partial charge in [-0.05, 0) is 46.1 Å². The Balaban J connectivity index is 3.47. The number of rotatable bonds is 14. The summed E-state index contributed by atoms with van der Waals surface area (Å²) in [5.41, 5.74) is 5.99. The van der Waals surface area contributed by atoms with Crippen molar-refractivity contribution in [1.82, 2.24) is 15.5 Å². The number of carbonyl (C=O) groups is 5. The van der Waals surface area contributed by atoms with Gasteiger partial charge in [-0.25, -0.2) is 4.79 Å². The monoisotopic (exact) mass is 534 g/mol. The summed E-state index contributed by atoms with van der Waals surface area (Å²) in [6.07, 6.45) is 1.16. The lowest BCUT2D eigenvalue weighted by molar-refractivity contribution is -0.145. The highest BCUT2D eigenvalue weighted by atomic mass is 16.6. The van der Waals surface area contributed by atoms with Gasteiger partial charge in [-0.15, -0.1) is 0 Å². The van der Waals surface area contributed by atoms with Crippen LogP contribution in [0.4, 0.5) is 4.79 Å². The van der Waals surface area contributed by atoms with E-state index in [-0.39, 0.29) is 25.9 Å². The molecule has 1 rings (SSSR count). The number of nitrogens with two attached hydrogens (primary N) is 1. The van der Waals surface area contributed by atoms with E-state index in [2.05, 4.69) is 15.4 Å². The topological polar surface area (TPSA) is 157 Å². The lowest BCUT2D eigenvalue weighted by atomic mass is 10.00. The molecule has 0 heterocycles. The summed E-state index contributed by atoms with van der Waals surface area (Å²) < 4.78 is 9.94. The molecule has 0 aromatic heterocycles. The summed E-state index contributed by atoms with van der Waals surface area (Å²) in [6, 6.07) is 4.80. The van der Waals surface area contributed by atoms with Crippen LogP contribution in [0, 0.1) is 6.92 Å². The molecule has 0 aliphatic heterocycles. The van der Waals surface area contributed by atoms with Gasteiger partial charge in [-0.2, -0.15) is 0 Å². The van der Waals surface area contributed by atoms with Crippen molar-refractivity contribution < 1.29 is 33.4 Å². The average molecular weight is 535 g/mol. The fourth-order valence-corrected chi connectivity index (χ4v) is 3.64. The normalized spacial score (nSPS) is 12.6. The number of alkyl carbamates (subject to hydrolysis) is 1. The highest BCUT2D eigenvalue weighted by molar-refractivity contribution is 5.93. The Morgan fingerprint density at radius 1 is 1.05 bits per heavy atom. The lowest BCUT2D eigenvalue weighted by Crippen LogP contribution is -2.53. The Morgan fingerprint density at radius 2 is 1.68 bits per heavy atom. The van der Waals surface area contributed by atoms with E-state index in [0.717, 1.165) is 18.4 Å². The maximum Gasteiger partial charge on any atom is 0.408 e. The van der Waals surface area contributed by atoms with Crippen LogP contribution in [0.25, 0.3) is 0 Å². The van der Waals surface area contributed by atoms with E-state index in [1.54, 1.807) is 32.9 Å². The first-order valence-electron chi connectivity index (χ1n) is 12.8. The minimum atomic E-state index is -1.18. The van der Waals surface area contributed by atoms with Gasteiger partial charge in [0.2, 0.25) is 17.7 Å². The number of aryl methyl sites for hydroxylation is 1. The fraction of sp³-hybridized carbons (Fsp3) is 0.593. The molecular formula is C27H42N4O7. The number of nitrogens with zero attached hydrogens (tertiary/aromatic N) is 1. The van der Waals surface area contributed by atoms with Gasteiger partial charge in [0, 0.05) is 13.0 Å². The molecule has 0 spiro atoms. The number of unbranched alkanes of at least 4 members (excludes halogenated alkanes) is 2. The molecule has 0 saturated carbocycles. The molecule has 0 fully saturated rings. The van der Waals surface area contributed by atoms with E-state index in [1.165, 1.54) is 12.0 Å². The quantitative estimate of drug-likeness (QED) is 0.244. The Labute approximate surface area is 224 Å². The molecule has 4 N–H and O–H groups in total. The molecule has 0 aliphatic carbocycles. The number of ether oxygens (including phenoxy) is 2. The van der Waals surface area contributed by atoms with E-state index in [0.29, 0.717) is 12.0 Å². The first-order chi connectivity index (χ1) is 17.8. The number of carbonyl (C=O) groups excluding carboxylic acids is 5. The second-order valence-corrected chi connectivity index (χ2v) is 10.0. The summed E-state index contributed by atoms with van der Waals surface area (Å²) >= 11 is 0. The summed E-state index contributed by atoms with van der Waals surface area (Å²) in [4.78, 5) is 64.6. The van der Waals surface area contributed by atoms with Gasteiger partial charge in [0.15, 0.2) is 0 Å². The number of primary amides is 1. The van der Waals surface area contributed by atoms with Crippen LogP contribution in [0.15, 0.2) is 24.3 Å². The van der Waals surface area contributed by atoms with Crippen LogP contribution >= 0.6 is 0 Å². The molecule has 11 nitrogen and oxygen atoms in total. The minimum absolute atomic E-state index is 0.0813. The number of nitrogens with one attached hydrogen (secondary N) is 2. The molecule has 212 valence electrons. The van der Waals surface area contributed by atoms with Crippen molar-refractivity contribution in [2.45, 2.75) is 84.4 Å². The van der Waals surface area contributed by atoms with Crippen LogP contribution < -0.4 is 16.4 Å². The first kappa shape index (κ1) is 32.4. The zero-order valence-corrected chi connectivity index (χ0v) is 23.3. The zero-order chi connectivity index (χ0) is 28.9. The van der Waals surface area contributed by atoms with Crippen LogP contribution in [0.3, 0.4) is 0 Å². The average Bonchev–Trinajstić information content (AvgIpc) is 2.83. The van der Waals surface area contributed by atoms with Crippen molar-refractivity contribution >= 4 is 29.8 Å². The molecule has 11 heteroatoms. The predicted molar refractivity (Wildman–Crippen MR) is 142 cm³/mol. The SMILES string of the molecule is CCCCCN(C(=O)C(CCC(N)=O)NC(=O)OC(C)(C)C)C(C(=O)NCC(=O)OC)c1ccc(C)cc1. The Kier molecular flexibility index (Phi) is 13.3. The van der Waals surface area contributed by atoms with Gasteiger partial charge < -0.3 is 30.7 Å². The molecule has 0 aliphatic rings. The molecule has 0 saturated heterocycles. The highest BCUT2D eigenvalue weighted by Crippen LogP contribution is 2.25. The molecule has 1 aromatic rings. The Bertz CT molecular complexity index is 957.